The number of ether oxygens (including phenoxy) is 2. The average molecular weight is 315 g/mol. The summed E-state index contributed by atoms with van der Waals surface area (Å²) in [6.45, 7) is 2.12. The van der Waals surface area contributed by atoms with Crippen molar-refractivity contribution in [2.75, 3.05) is 27.2 Å². The third kappa shape index (κ3) is 3.82. The summed E-state index contributed by atoms with van der Waals surface area (Å²) in [5.74, 6) is 2.22. The van der Waals surface area contributed by atoms with Crippen molar-refractivity contribution >= 4 is 0 Å². The molecule has 0 unspecified atom stereocenters. The first-order valence-electron chi connectivity index (χ1n) is 7.95. The van der Waals surface area contributed by atoms with E-state index in [1.807, 2.05) is 30.3 Å². The lowest BCUT2D eigenvalue weighted by atomic mass is 9.89. The van der Waals surface area contributed by atoms with Crippen molar-refractivity contribution < 1.29 is 13.9 Å². The molecule has 0 atom stereocenters. The van der Waals surface area contributed by atoms with E-state index in [9.17, 15) is 4.39 Å². The van der Waals surface area contributed by atoms with Crippen LogP contribution in [0.5, 0.6) is 17.2 Å². The number of halogens is 1. The zero-order valence-electron chi connectivity index (χ0n) is 13.6. The van der Waals surface area contributed by atoms with Crippen LogP contribution in [0.2, 0.25) is 0 Å². The Hall–Kier alpha value is -2.07. The van der Waals surface area contributed by atoms with Gasteiger partial charge in [0.25, 0.3) is 0 Å². The molecule has 0 spiro atoms. The van der Waals surface area contributed by atoms with Crippen LogP contribution in [0.4, 0.5) is 4.39 Å². The summed E-state index contributed by atoms with van der Waals surface area (Å²) >= 11 is 0. The minimum absolute atomic E-state index is 0.273. The van der Waals surface area contributed by atoms with Gasteiger partial charge in [0, 0.05) is 6.07 Å². The van der Waals surface area contributed by atoms with Gasteiger partial charge in [0.15, 0.2) is 0 Å². The van der Waals surface area contributed by atoms with Gasteiger partial charge in [-0.25, -0.2) is 4.39 Å². The molecule has 3 rings (SSSR count). The molecule has 0 aromatic heterocycles. The fourth-order valence-corrected chi connectivity index (χ4v) is 3.02. The van der Waals surface area contributed by atoms with E-state index in [0.717, 1.165) is 37.2 Å². The number of rotatable bonds is 4. The Bertz CT molecular complexity index is 649. The summed E-state index contributed by atoms with van der Waals surface area (Å²) in [7, 11) is 3.76. The molecule has 1 fully saturated rings. The Morgan fingerprint density at radius 3 is 2.30 bits per heavy atom. The fraction of sp³-hybridized carbons (Fsp3) is 0.368. The largest absolute Gasteiger partial charge is 0.497 e. The highest BCUT2D eigenvalue weighted by atomic mass is 19.1. The van der Waals surface area contributed by atoms with Crippen molar-refractivity contribution in [1.29, 1.82) is 0 Å². The smallest absolute Gasteiger partial charge is 0.133 e. The van der Waals surface area contributed by atoms with Gasteiger partial charge in [0.05, 0.1) is 7.11 Å². The summed E-state index contributed by atoms with van der Waals surface area (Å²) < 4.78 is 24.8. The van der Waals surface area contributed by atoms with Crippen LogP contribution in [0.3, 0.4) is 0 Å². The number of likely N-dealkylation sites (tertiary alicyclic amines) is 1. The van der Waals surface area contributed by atoms with Crippen molar-refractivity contribution in [2.45, 2.75) is 18.8 Å². The molecular weight excluding hydrogens is 293 g/mol. The van der Waals surface area contributed by atoms with Crippen LogP contribution in [0, 0.1) is 5.82 Å². The summed E-state index contributed by atoms with van der Waals surface area (Å²) in [4.78, 5) is 2.32. The maximum atomic E-state index is 13.7. The van der Waals surface area contributed by atoms with Gasteiger partial charge in [-0.3, -0.25) is 0 Å². The van der Waals surface area contributed by atoms with Gasteiger partial charge in [0.1, 0.15) is 23.1 Å². The molecule has 4 heteroatoms. The highest BCUT2D eigenvalue weighted by molar-refractivity contribution is 5.41. The second kappa shape index (κ2) is 7.01. The molecule has 0 saturated carbocycles. The van der Waals surface area contributed by atoms with E-state index in [1.165, 1.54) is 12.1 Å². The monoisotopic (exact) mass is 315 g/mol. The van der Waals surface area contributed by atoms with E-state index in [4.69, 9.17) is 9.47 Å². The van der Waals surface area contributed by atoms with Crippen LogP contribution in [0.25, 0.3) is 0 Å². The topological polar surface area (TPSA) is 21.7 Å². The summed E-state index contributed by atoms with van der Waals surface area (Å²) in [5, 5.41) is 0. The van der Waals surface area contributed by atoms with Crippen molar-refractivity contribution in [3.63, 3.8) is 0 Å². The predicted molar refractivity (Wildman–Crippen MR) is 88.9 cm³/mol. The molecule has 0 bridgehead atoms. The molecular formula is C19H22FNO2. The maximum Gasteiger partial charge on any atom is 0.133 e. The molecule has 1 heterocycles. The fourth-order valence-electron chi connectivity index (χ4n) is 3.02. The van der Waals surface area contributed by atoms with E-state index >= 15 is 0 Å². The molecule has 23 heavy (non-hydrogen) atoms. The van der Waals surface area contributed by atoms with Gasteiger partial charge < -0.3 is 14.4 Å². The first kappa shape index (κ1) is 15.8. The zero-order chi connectivity index (χ0) is 16.2. The normalized spacial score (nSPS) is 16.3. The van der Waals surface area contributed by atoms with Crippen LogP contribution < -0.4 is 9.47 Å². The lowest BCUT2D eigenvalue weighted by Gasteiger charge is -2.30. The van der Waals surface area contributed by atoms with Gasteiger partial charge in [-0.1, -0.05) is 6.07 Å². The first-order chi connectivity index (χ1) is 11.2. The van der Waals surface area contributed by atoms with Gasteiger partial charge in [-0.15, -0.1) is 0 Å². The summed E-state index contributed by atoms with van der Waals surface area (Å²) in [5.41, 5.74) is 1.09. The third-order valence-corrected chi connectivity index (χ3v) is 4.42. The van der Waals surface area contributed by atoms with E-state index in [2.05, 4.69) is 11.9 Å². The molecule has 1 aliphatic rings. The number of nitrogens with zero attached hydrogens (tertiary/aromatic N) is 1. The molecule has 1 saturated heterocycles. The van der Waals surface area contributed by atoms with E-state index in [1.54, 1.807) is 7.11 Å². The second-order valence-electron chi connectivity index (χ2n) is 6.04. The molecule has 1 aliphatic heterocycles. The molecule has 2 aromatic carbocycles. The number of benzene rings is 2. The molecule has 0 N–H and O–H groups in total. The molecule has 0 radical (unpaired) electrons. The van der Waals surface area contributed by atoms with Crippen molar-refractivity contribution in [3.05, 3.63) is 53.8 Å². The minimum Gasteiger partial charge on any atom is -0.497 e. The quantitative estimate of drug-likeness (QED) is 0.833. The van der Waals surface area contributed by atoms with Crippen LogP contribution in [0.15, 0.2) is 42.5 Å². The van der Waals surface area contributed by atoms with Crippen LogP contribution >= 0.6 is 0 Å². The molecule has 0 aliphatic carbocycles. The van der Waals surface area contributed by atoms with Gasteiger partial charge in [-0.2, -0.15) is 0 Å². The molecule has 0 amide bonds. The maximum absolute atomic E-state index is 13.7. The average Bonchev–Trinajstić information content (AvgIpc) is 2.57. The number of piperidine rings is 1. The lowest BCUT2D eigenvalue weighted by molar-refractivity contribution is 0.253. The molecule has 3 nitrogen and oxygen atoms in total. The number of methoxy groups -OCH3 is 1. The van der Waals surface area contributed by atoms with E-state index < -0.39 is 0 Å². The highest BCUT2D eigenvalue weighted by Crippen LogP contribution is 2.36. The Kier molecular flexibility index (Phi) is 4.82. The standard InChI is InChI=1S/C19H22FNO2/c1-21-11-9-14(10-12-21)18-8-3-15(20)13-19(18)23-17-6-4-16(22-2)5-7-17/h3-8,13-14H,9-12H2,1-2H3. The van der Waals surface area contributed by atoms with Crippen molar-refractivity contribution in [2.24, 2.45) is 0 Å². The Morgan fingerprint density at radius 2 is 1.65 bits per heavy atom. The first-order valence-corrected chi connectivity index (χ1v) is 7.95. The number of hydrogen-bond acceptors (Lipinski definition) is 3. The summed E-state index contributed by atoms with van der Waals surface area (Å²) in [6, 6.07) is 12.2. The van der Waals surface area contributed by atoms with Gasteiger partial charge in [0.2, 0.25) is 0 Å². The van der Waals surface area contributed by atoms with Crippen molar-refractivity contribution in [3.8, 4) is 17.2 Å². The Morgan fingerprint density at radius 1 is 1.00 bits per heavy atom. The third-order valence-electron chi connectivity index (χ3n) is 4.42. The number of hydrogen-bond donors (Lipinski definition) is 0. The SMILES string of the molecule is COc1ccc(Oc2cc(F)ccc2C2CCN(C)CC2)cc1. The lowest BCUT2D eigenvalue weighted by Crippen LogP contribution is -2.29. The van der Waals surface area contributed by atoms with Crippen LogP contribution in [0.1, 0.15) is 24.3 Å². The predicted octanol–water partition coefficient (Wildman–Crippen LogP) is 4.44. The minimum atomic E-state index is -0.273. The summed E-state index contributed by atoms with van der Waals surface area (Å²) in [6.07, 6.45) is 2.14. The highest BCUT2D eigenvalue weighted by Gasteiger charge is 2.22. The Balaban J connectivity index is 1.83. The van der Waals surface area contributed by atoms with Crippen molar-refractivity contribution in [1.82, 2.24) is 4.90 Å². The second-order valence-corrected chi connectivity index (χ2v) is 6.04. The van der Waals surface area contributed by atoms with Crippen LogP contribution in [-0.2, 0) is 0 Å². The van der Waals surface area contributed by atoms with Gasteiger partial charge >= 0.3 is 0 Å². The molecule has 122 valence electrons. The van der Waals surface area contributed by atoms with E-state index in [0.29, 0.717) is 17.4 Å². The Labute approximate surface area is 136 Å². The van der Waals surface area contributed by atoms with Gasteiger partial charge in [-0.05, 0) is 74.8 Å². The zero-order valence-corrected chi connectivity index (χ0v) is 13.6. The van der Waals surface area contributed by atoms with Crippen LogP contribution in [-0.4, -0.2) is 32.1 Å². The molecule has 2 aromatic rings. The van der Waals surface area contributed by atoms with E-state index in [-0.39, 0.29) is 5.82 Å².